The van der Waals surface area contributed by atoms with E-state index in [1.54, 1.807) is 26.0 Å². The highest BCUT2D eigenvalue weighted by Gasteiger charge is 2.38. The third-order valence-electron chi connectivity index (χ3n) is 2.25. The quantitative estimate of drug-likeness (QED) is 0.592. The summed E-state index contributed by atoms with van der Waals surface area (Å²) in [5.41, 5.74) is 0.703. The Kier molecular flexibility index (Phi) is 4.61. The lowest BCUT2D eigenvalue weighted by molar-refractivity contribution is -0.259. The maximum atomic E-state index is 12.7. The molecule has 0 aromatic heterocycles. The largest absolute Gasteiger partial charge is 0.460 e. The van der Waals surface area contributed by atoms with Gasteiger partial charge in [-0.15, -0.1) is 0 Å². The Hall–Kier alpha value is -0.300. The lowest BCUT2D eigenvalue weighted by Crippen LogP contribution is -2.42. The van der Waals surface area contributed by atoms with Crippen molar-refractivity contribution in [1.29, 1.82) is 0 Å². The molecule has 0 atom stereocenters. The second kappa shape index (κ2) is 5.35. The Labute approximate surface area is 107 Å². The molecule has 0 unspecified atom stereocenters. The molecule has 0 fully saturated rings. The summed E-state index contributed by atoms with van der Waals surface area (Å²) in [4.78, 5) is 0.532. The van der Waals surface area contributed by atoms with Crippen molar-refractivity contribution >= 4 is 22.6 Å². The van der Waals surface area contributed by atoms with Crippen LogP contribution in [0.15, 0.2) is 24.3 Å². The van der Waals surface area contributed by atoms with E-state index in [1.165, 1.54) is 0 Å². The zero-order valence-corrected chi connectivity index (χ0v) is 11.2. The minimum absolute atomic E-state index is 0.0969. The Morgan fingerprint density at radius 3 is 2.25 bits per heavy atom. The highest BCUT2D eigenvalue weighted by molar-refractivity contribution is 14.1. The first-order valence-electron chi connectivity index (χ1n) is 4.89. The fraction of sp³-hybridized carbons (Fsp3) is 0.455. The van der Waals surface area contributed by atoms with Gasteiger partial charge in [0, 0.05) is 16.2 Å². The van der Waals surface area contributed by atoms with Crippen molar-refractivity contribution in [3.05, 3.63) is 33.4 Å². The minimum Gasteiger partial charge on any atom is -0.208 e. The van der Waals surface area contributed by atoms with Crippen LogP contribution in [-0.4, -0.2) is 17.2 Å². The third-order valence-corrected chi connectivity index (χ3v) is 3.30. The zero-order chi connectivity index (χ0) is 12.3. The van der Waals surface area contributed by atoms with Crippen LogP contribution in [0.5, 0.6) is 0 Å². The topological polar surface area (TPSA) is 3.24 Å². The second-order valence-corrected chi connectivity index (χ2v) is 4.94. The molecule has 0 N–H and O–H groups in total. The lowest BCUT2D eigenvalue weighted by Gasteiger charge is -2.28. The van der Waals surface area contributed by atoms with Gasteiger partial charge in [-0.1, -0.05) is 18.2 Å². The molecular weight excluding hydrogens is 330 g/mol. The molecule has 0 aliphatic heterocycles. The van der Waals surface area contributed by atoms with Gasteiger partial charge in [0.1, 0.15) is 0 Å². The monoisotopic (exact) mass is 343 g/mol. The standard InChI is InChI=1S/C11H13F3IN/c1-8(2)16(11(12,13)14)7-9-5-3-4-6-10(9)15/h3-6,8H,7H2,1-2H3. The number of hydrogen-bond donors (Lipinski definition) is 0. The van der Waals surface area contributed by atoms with E-state index in [4.69, 9.17) is 0 Å². The zero-order valence-electron chi connectivity index (χ0n) is 9.05. The molecule has 16 heavy (non-hydrogen) atoms. The molecule has 90 valence electrons. The maximum absolute atomic E-state index is 12.7. The molecule has 0 saturated heterocycles. The molecule has 0 amide bonds. The number of benzene rings is 1. The molecule has 1 aromatic rings. The summed E-state index contributed by atoms with van der Waals surface area (Å²) in [5.74, 6) is 0. The molecule has 0 aliphatic carbocycles. The molecule has 0 saturated carbocycles. The molecule has 1 nitrogen and oxygen atoms in total. The van der Waals surface area contributed by atoms with Gasteiger partial charge >= 0.3 is 6.30 Å². The summed E-state index contributed by atoms with van der Waals surface area (Å²) in [7, 11) is 0. The van der Waals surface area contributed by atoms with Gasteiger partial charge < -0.3 is 0 Å². The summed E-state index contributed by atoms with van der Waals surface area (Å²) in [5, 5.41) is 0. The molecule has 5 heteroatoms. The Morgan fingerprint density at radius 1 is 1.25 bits per heavy atom. The Balaban J connectivity index is 2.89. The van der Waals surface area contributed by atoms with E-state index in [0.717, 1.165) is 3.57 Å². The summed E-state index contributed by atoms with van der Waals surface area (Å²) in [6.07, 6.45) is -4.28. The van der Waals surface area contributed by atoms with Gasteiger partial charge in [0.2, 0.25) is 0 Å². The predicted molar refractivity (Wildman–Crippen MR) is 65.9 cm³/mol. The highest BCUT2D eigenvalue weighted by atomic mass is 127. The first kappa shape index (κ1) is 13.8. The molecule has 0 aliphatic rings. The second-order valence-electron chi connectivity index (χ2n) is 3.78. The van der Waals surface area contributed by atoms with Gasteiger partial charge in [0.25, 0.3) is 0 Å². The van der Waals surface area contributed by atoms with Crippen molar-refractivity contribution in [2.45, 2.75) is 32.7 Å². The van der Waals surface area contributed by atoms with E-state index >= 15 is 0 Å². The first-order valence-corrected chi connectivity index (χ1v) is 5.97. The van der Waals surface area contributed by atoms with Crippen LogP contribution in [0, 0.1) is 3.57 Å². The SMILES string of the molecule is CC(C)N(Cc1ccccc1I)C(F)(F)F. The van der Waals surface area contributed by atoms with Gasteiger partial charge in [-0.05, 0) is 48.1 Å². The first-order chi connectivity index (χ1) is 7.32. The normalized spacial score (nSPS) is 12.5. The van der Waals surface area contributed by atoms with Gasteiger partial charge in [-0.3, -0.25) is 0 Å². The van der Waals surface area contributed by atoms with E-state index in [-0.39, 0.29) is 6.54 Å². The van der Waals surface area contributed by atoms with Crippen LogP contribution in [0.25, 0.3) is 0 Å². The molecule has 1 aromatic carbocycles. The van der Waals surface area contributed by atoms with Crippen LogP contribution in [0.4, 0.5) is 13.2 Å². The van der Waals surface area contributed by atoms with E-state index in [9.17, 15) is 13.2 Å². The van der Waals surface area contributed by atoms with Crippen molar-refractivity contribution in [2.24, 2.45) is 0 Å². The minimum atomic E-state index is -4.28. The smallest absolute Gasteiger partial charge is 0.208 e. The van der Waals surface area contributed by atoms with Crippen molar-refractivity contribution in [2.75, 3.05) is 0 Å². The molecule has 1 rings (SSSR count). The summed E-state index contributed by atoms with van der Waals surface area (Å²) in [6.45, 7) is 2.99. The average Bonchev–Trinajstić information content (AvgIpc) is 2.14. The molecule has 0 spiro atoms. The van der Waals surface area contributed by atoms with Crippen molar-refractivity contribution in [3.63, 3.8) is 0 Å². The Morgan fingerprint density at radius 2 is 1.81 bits per heavy atom. The van der Waals surface area contributed by atoms with Gasteiger partial charge in [0.15, 0.2) is 0 Å². The maximum Gasteiger partial charge on any atom is 0.460 e. The average molecular weight is 343 g/mol. The summed E-state index contributed by atoms with van der Waals surface area (Å²) < 4.78 is 39.0. The van der Waals surface area contributed by atoms with E-state index in [2.05, 4.69) is 22.6 Å². The van der Waals surface area contributed by atoms with Crippen molar-refractivity contribution in [1.82, 2.24) is 4.90 Å². The number of nitrogens with zero attached hydrogens (tertiary/aromatic N) is 1. The van der Waals surface area contributed by atoms with Crippen molar-refractivity contribution in [3.8, 4) is 0 Å². The summed E-state index contributed by atoms with van der Waals surface area (Å²) >= 11 is 2.05. The Bertz CT molecular complexity index is 349. The van der Waals surface area contributed by atoms with Gasteiger partial charge in [0.05, 0.1) is 0 Å². The fourth-order valence-corrected chi connectivity index (χ4v) is 1.93. The number of rotatable bonds is 3. The van der Waals surface area contributed by atoms with E-state index < -0.39 is 12.3 Å². The van der Waals surface area contributed by atoms with Crippen LogP contribution >= 0.6 is 22.6 Å². The number of alkyl halides is 3. The molecule has 0 heterocycles. The molecule has 0 bridgehead atoms. The van der Waals surface area contributed by atoms with Crippen LogP contribution in [0.2, 0.25) is 0 Å². The fourth-order valence-electron chi connectivity index (χ4n) is 1.38. The van der Waals surface area contributed by atoms with Crippen LogP contribution < -0.4 is 0 Å². The third kappa shape index (κ3) is 3.62. The molecular formula is C11H13F3IN. The summed E-state index contributed by atoms with van der Waals surface area (Å²) in [6, 6.07) is 6.55. The predicted octanol–water partition coefficient (Wildman–Crippen LogP) is 4.02. The van der Waals surface area contributed by atoms with Crippen LogP contribution in [0.1, 0.15) is 19.4 Å². The van der Waals surface area contributed by atoms with Gasteiger partial charge in [-0.2, -0.15) is 13.2 Å². The van der Waals surface area contributed by atoms with Crippen LogP contribution in [0.3, 0.4) is 0 Å². The van der Waals surface area contributed by atoms with Crippen LogP contribution in [-0.2, 0) is 6.54 Å². The van der Waals surface area contributed by atoms with E-state index in [0.29, 0.717) is 10.5 Å². The van der Waals surface area contributed by atoms with Gasteiger partial charge in [-0.25, -0.2) is 4.90 Å². The van der Waals surface area contributed by atoms with Crippen molar-refractivity contribution < 1.29 is 13.2 Å². The molecule has 0 radical (unpaired) electrons. The number of hydrogen-bond acceptors (Lipinski definition) is 1. The lowest BCUT2D eigenvalue weighted by atomic mass is 10.2. The highest BCUT2D eigenvalue weighted by Crippen LogP contribution is 2.27. The van der Waals surface area contributed by atoms with E-state index in [1.807, 2.05) is 12.1 Å². The number of halogens is 4.